The maximum atomic E-state index is 5.35. The van der Waals surface area contributed by atoms with E-state index in [4.69, 9.17) is 5.73 Å². The van der Waals surface area contributed by atoms with Crippen LogP contribution in [0, 0.1) is 0 Å². The summed E-state index contributed by atoms with van der Waals surface area (Å²) in [4.78, 5) is 0. The molecule has 0 unspecified atom stereocenters. The van der Waals surface area contributed by atoms with Crippen molar-refractivity contribution in [1.82, 2.24) is 10.4 Å². The van der Waals surface area contributed by atoms with Crippen molar-refractivity contribution in [2.45, 2.75) is 6.54 Å². The highest BCUT2D eigenvalue weighted by molar-refractivity contribution is 5.13. The molecule has 0 aliphatic carbocycles. The summed E-state index contributed by atoms with van der Waals surface area (Å²) < 4.78 is 0. The number of hydrazine groups is 1. The fourth-order valence-corrected chi connectivity index (χ4v) is 0.614. The minimum absolute atomic E-state index is 0.640. The van der Waals surface area contributed by atoms with Crippen LogP contribution in [0.15, 0.2) is 30.3 Å². The van der Waals surface area contributed by atoms with Crippen molar-refractivity contribution in [2.24, 2.45) is 5.73 Å². The first-order chi connectivity index (χ1) is 6.20. The van der Waals surface area contributed by atoms with Gasteiger partial charge in [-0.15, -0.1) is 0 Å². The molecule has 0 radical (unpaired) electrons. The summed E-state index contributed by atoms with van der Waals surface area (Å²) in [6.07, 6.45) is 0. The van der Waals surface area contributed by atoms with E-state index < -0.39 is 0 Å². The van der Waals surface area contributed by atoms with Gasteiger partial charge in [-0.25, -0.2) is 0 Å². The predicted molar refractivity (Wildman–Crippen MR) is 57.1 cm³/mol. The van der Waals surface area contributed by atoms with Gasteiger partial charge < -0.3 is 5.73 Å². The largest absolute Gasteiger partial charge is 0.326 e. The van der Waals surface area contributed by atoms with Gasteiger partial charge in [0.2, 0.25) is 0 Å². The minimum atomic E-state index is 0.640. The molecule has 0 bridgehead atoms. The van der Waals surface area contributed by atoms with Gasteiger partial charge in [0.05, 0.1) is 0 Å². The molecule has 0 atom stereocenters. The predicted octanol–water partition coefficient (Wildman–Crippen LogP) is 0.828. The molecule has 3 heteroatoms. The van der Waals surface area contributed by atoms with Gasteiger partial charge in [0.15, 0.2) is 0 Å². The van der Waals surface area contributed by atoms with Crippen molar-refractivity contribution >= 4 is 0 Å². The average molecular weight is 181 g/mol. The molecular weight excluding hydrogens is 162 g/mol. The van der Waals surface area contributed by atoms with Crippen LogP contribution in [-0.4, -0.2) is 26.2 Å². The summed E-state index contributed by atoms with van der Waals surface area (Å²) in [5.41, 5.74) is 9.40. The Bertz CT molecular complexity index is 197. The number of benzene rings is 1. The van der Waals surface area contributed by atoms with E-state index in [-0.39, 0.29) is 0 Å². The van der Waals surface area contributed by atoms with Gasteiger partial charge >= 0.3 is 0 Å². The Morgan fingerprint density at radius 1 is 1.23 bits per heavy atom. The van der Waals surface area contributed by atoms with Gasteiger partial charge in [-0.2, -0.15) is 0 Å². The van der Waals surface area contributed by atoms with E-state index in [2.05, 4.69) is 5.43 Å². The average Bonchev–Trinajstić information content (AvgIpc) is 2.20. The molecule has 0 fully saturated rings. The Labute approximate surface area is 80.5 Å². The Balaban J connectivity index is 0.000000252. The van der Waals surface area contributed by atoms with E-state index >= 15 is 0 Å². The molecule has 13 heavy (non-hydrogen) atoms. The van der Waals surface area contributed by atoms with Crippen molar-refractivity contribution in [1.29, 1.82) is 0 Å². The molecule has 1 rings (SSSR count). The van der Waals surface area contributed by atoms with Crippen LogP contribution in [0.2, 0.25) is 0 Å². The van der Waals surface area contributed by atoms with Gasteiger partial charge in [-0.1, -0.05) is 30.3 Å². The number of nitrogens with zero attached hydrogens (tertiary/aromatic N) is 1. The van der Waals surface area contributed by atoms with Crippen LogP contribution in [0.4, 0.5) is 0 Å². The quantitative estimate of drug-likeness (QED) is 0.664. The first-order valence-electron chi connectivity index (χ1n) is 4.29. The topological polar surface area (TPSA) is 41.3 Å². The third kappa shape index (κ3) is 7.46. The fourth-order valence-electron chi connectivity index (χ4n) is 0.614. The summed E-state index contributed by atoms with van der Waals surface area (Å²) in [5.74, 6) is 0. The van der Waals surface area contributed by atoms with Gasteiger partial charge in [-0.05, 0) is 12.6 Å². The molecule has 1 aromatic rings. The maximum Gasteiger partial charge on any atom is 0.0178 e. The van der Waals surface area contributed by atoms with E-state index in [1.54, 1.807) is 0 Å². The minimum Gasteiger partial charge on any atom is -0.326 e. The molecule has 74 valence electrons. The number of rotatable bonds is 2. The van der Waals surface area contributed by atoms with Crippen LogP contribution >= 0.6 is 0 Å². The molecular formula is C10H19N3. The lowest BCUT2D eigenvalue weighted by molar-refractivity contribution is 0.323. The third-order valence-corrected chi connectivity index (χ3v) is 1.53. The molecule has 0 saturated carbocycles. The Kier molecular flexibility index (Phi) is 7.20. The molecule has 3 N–H and O–H groups in total. The monoisotopic (exact) mass is 181 g/mol. The van der Waals surface area contributed by atoms with E-state index in [9.17, 15) is 0 Å². The van der Waals surface area contributed by atoms with Crippen LogP contribution in [0.3, 0.4) is 0 Å². The van der Waals surface area contributed by atoms with Crippen LogP contribution in [0.5, 0.6) is 0 Å². The second-order valence-electron chi connectivity index (χ2n) is 2.81. The molecule has 1 aromatic carbocycles. The van der Waals surface area contributed by atoms with Gasteiger partial charge in [0.1, 0.15) is 0 Å². The van der Waals surface area contributed by atoms with Gasteiger partial charge in [-0.3, -0.25) is 10.4 Å². The van der Waals surface area contributed by atoms with Crippen molar-refractivity contribution in [3.8, 4) is 0 Å². The second kappa shape index (κ2) is 7.73. The number of hydrogen-bond donors (Lipinski definition) is 2. The normalized spacial score (nSPS) is 9.31. The molecule has 0 amide bonds. The second-order valence-corrected chi connectivity index (χ2v) is 2.81. The van der Waals surface area contributed by atoms with Crippen LogP contribution < -0.4 is 11.2 Å². The third-order valence-electron chi connectivity index (χ3n) is 1.53. The van der Waals surface area contributed by atoms with Gasteiger partial charge in [0.25, 0.3) is 0 Å². The van der Waals surface area contributed by atoms with Crippen molar-refractivity contribution in [3.63, 3.8) is 0 Å². The smallest absolute Gasteiger partial charge is 0.0178 e. The maximum absolute atomic E-state index is 5.35. The molecule has 3 nitrogen and oxygen atoms in total. The van der Waals surface area contributed by atoms with Crippen LogP contribution in [0.1, 0.15) is 5.56 Å². The molecule has 0 aromatic heterocycles. The van der Waals surface area contributed by atoms with E-state index in [0.717, 1.165) is 0 Å². The molecule has 0 saturated heterocycles. The van der Waals surface area contributed by atoms with Gasteiger partial charge in [0, 0.05) is 20.6 Å². The highest BCUT2D eigenvalue weighted by Crippen LogP contribution is 1.94. The number of nitrogens with one attached hydrogen (secondary N) is 1. The number of hydrogen-bond acceptors (Lipinski definition) is 3. The summed E-state index contributed by atoms with van der Waals surface area (Å²) in [5, 5.41) is 1.88. The molecule has 0 heterocycles. The summed E-state index contributed by atoms with van der Waals surface area (Å²) in [6.45, 7) is 0.640. The molecule has 0 aliphatic heterocycles. The Morgan fingerprint density at radius 2 is 1.69 bits per heavy atom. The van der Waals surface area contributed by atoms with E-state index in [1.807, 2.05) is 56.5 Å². The lowest BCUT2D eigenvalue weighted by atomic mass is 10.2. The molecule has 0 spiro atoms. The SMILES string of the molecule is CNN(C)C.NCc1ccccc1. The van der Waals surface area contributed by atoms with E-state index in [0.29, 0.717) is 6.54 Å². The van der Waals surface area contributed by atoms with Crippen molar-refractivity contribution in [2.75, 3.05) is 21.1 Å². The lowest BCUT2D eigenvalue weighted by Gasteiger charge is -2.02. The molecule has 0 aliphatic rings. The zero-order chi connectivity index (χ0) is 10.1. The van der Waals surface area contributed by atoms with Crippen molar-refractivity contribution in [3.05, 3.63) is 35.9 Å². The summed E-state index contributed by atoms with van der Waals surface area (Å²) in [6, 6.07) is 9.99. The zero-order valence-corrected chi connectivity index (χ0v) is 8.62. The zero-order valence-electron chi connectivity index (χ0n) is 8.62. The van der Waals surface area contributed by atoms with Crippen LogP contribution in [0.25, 0.3) is 0 Å². The first-order valence-corrected chi connectivity index (χ1v) is 4.29. The van der Waals surface area contributed by atoms with E-state index in [1.165, 1.54) is 5.56 Å². The number of nitrogens with two attached hydrogens (primary N) is 1. The Hall–Kier alpha value is -0.900. The lowest BCUT2D eigenvalue weighted by Crippen LogP contribution is -2.25. The van der Waals surface area contributed by atoms with Crippen LogP contribution in [-0.2, 0) is 6.54 Å². The standard InChI is InChI=1S/C7H9N.C3H10N2/c8-6-7-4-2-1-3-5-7;1-4-5(2)3/h1-5H,6,8H2;4H,1-3H3. The summed E-state index contributed by atoms with van der Waals surface area (Å²) in [7, 11) is 5.76. The summed E-state index contributed by atoms with van der Waals surface area (Å²) >= 11 is 0. The highest BCUT2D eigenvalue weighted by atomic mass is 15.5. The van der Waals surface area contributed by atoms with Crippen molar-refractivity contribution < 1.29 is 0 Å². The highest BCUT2D eigenvalue weighted by Gasteiger charge is 1.80. The first kappa shape index (κ1) is 12.1. The fraction of sp³-hybridized carbons (Fsp3) is 0.400. The Morgan fingerprint density at radius 3 is 1.92 bits per heavy atom.